The number of nitrogens with zero attached hydrogens (tertiary/aromatic N) is 6. The number of fused-ring (bicyclic) bond motifs is 2. The Morgan fingerprint density at radius 2 is 1.39 bits per heavy atom. The van der Waals surface area contributed by atoms with Gasteiger partial charge in [-0.25, -0.2) is 47.0 Å². The molecule has 5 aromatic rings. The molecule has 0 radical (unpaired) electrons. The fourth-order valence-corrected chi connectivity index (χ4v) is 13.7. The Labute approximate surface area is 311 Å². The van der Waals surface area contributed by atoms with Crippen molar-refractivity contribution < 1.29 is 14.6 Å². The zero-order valence-electron chi connectivity index (χ0n) is 31.1. The Morgan fingerprint density at radius 1 is 0.796 bits per heavy atom. The summed E-state index contributed by atoms with van der Waals surface area (Å²) in [5, 5.41) is 11.4. The summed E-state index contributed by atoms with van der Waals surface area (Å²) < 4.78 is 20.2. The lowest BCUT2D eigenvalue weighted by Gasteiger charge is -2.67. The van der Waals surface area contributed by atoms with Gasteiger partial charge in [0.15, 0.2) is 0 Å². The maximum atomic E-state index is 15.2. The van der Waals surface area contributed by atoms with Crippen LogP contribution in [0, 0.1) is 5.41 Å². The van der Waals surface area contributed by atoms with Crippen LogP contribution in [0.4, 0.5) is 0 Å². The van der Waals surface area contributed by atoms with E-state index >= 15 is 9.59 Å². The molecule has 0 amide bonds. The lowest BCUT2D eigenvalue weighted by Crippen LogP contribution is -2.77. The largest absolute Gasteiger partial charge is 0.497 e. The molecule has 10 rings (SSSR count). The second kappa shape index (κ2) is 11.7. The van der Waals surface area contributed by atoms with E-state index in [9.17, 15) is 14.7 Å². The maximum Gasteiger partial charge on any atom is 0.352 e. The first kappa shape index (κ1) is 34.6. The van der Waals surface area contributed by atoms with Gasteiger partial charge in [0.05, 0.1) is 57.6 Å². The molecular weight excluding hydrogens is 705 g/mol. The van der Waals surface area contributed by atoms with Gasteiger partial charge in [-0.1, -0.05) is 75.1 Å². The van der Waals surface area contributed by atoms with E-state index in [1.807, 2.05) is 36.4 Å². The summed E-state index contributed by atoms with van der Waals surface area (Å²) in [6, 6.07) is 24.3. The molecule has 2 bridgehead atoms. The van der Waals surface area contributed by atoms with Gasteiger partial charge in [-0.05, 0) is 72.4 Å². The summed E-state index contributed by atoms with van der Waals surface area (Å²) in [6.07, 6.45) is 0.0605. The van der Waals surface area contributed by atoms with Crippen molar-refractivity contribution in [2.24, 2.45) is 5.41 Å². The molecule has 14 heteroatoms. The van der Waals surface area contributed by atoms with Crippen molar-refractivity contribution in [1.29, 1.82) is 0 Å². The van der Waals surface area contributed by atoms with Crippen molar-refractivity contribution in [3.8, 4) is 17.1 Å². The smallest absolute Gasteiger partial charge is 0.352 e. The molecule has 5 atom stereocenters. The van der Waals surface area contributed by atoms with Crippen LogP contribution in [0.5, 0.6) is 5.75 Å². The average molecular weight is 749 g/mol. The first-order valence-electron chi connectivity index (χ1n) is 18.5. The zero-order chi connectivity index (χ0) is 37.9. The van der Waals surface area contributed by atoms with Crippen LogP contribution in [0.3, 0.4) is 0 Å². The molecule has 5 heterocycles. The van der Waals surface area contributed by atoms with E-state index in [-0.39, 0.29) is 13.0 Å². The highest BCUT2D eigenvalue weighted by Crippen LogP contribution is 2.72. The molecule has 2 aliphatic carbocycles. The lowest BCUT2D eigenvalue weighted by molar-refractivity contribution is -0.0582. The van der Waals surface area contributed by atoms with Gasteiger partial charge in [0.1, 0.15) is 17.3 Å². The number of rotatable bonds is 9. The Bertz CT molecular complexity index is 2590. The third-order valence-electron chi connectivity index (χ3n) is 12.8. The Hall–Kier alpha value is -5.18. The van der Waals surface area contributed by atoms with Gasteiger partial charge in [0.25, 0.3) is 0 Å². The number of ether oxygens (including phenoxy) is 2. The second-order valence-electron chi connectivity index (χ2n) is 16.4. The number of aliphatic hydroxyl groups is 1. The lowest BCUT2D eigenvalue weighted by atomic mass is 9.56. The van der Waals surface area contributed by atoms with Crippen LogP contribution >= 0.6 is 0 Å². The van der Waals surface area contributed by atoms with E-state index in [1.54, 1.807) is 65.0 Å². The van der Waals surface area contributed by atoms with Crippen LogP contribution in [0.25, 0.3) is 11.4 Å². The third kappa shape index (κ3) is 4.21. The summed E-state index contributed by atoms with van der Waals surface area (Å²) in [5.41, 5.74) is -0.637. The van der Waals surface area contributed by atoms with Crippen molar-refractivity contribution in [1.82, 2.24) is 27.9 Å². The predicted octanol–water partition coefficient (Wildman–Crippen LogP) is 3.54. The molecule has 280 valence electrons. The molecular formula is C40H44N6O7Si. The average Bonchev–Trinajstić information content (AvgIpc) is 3.67. The van der Waals surface area contributed by atoms with Gasteiger partial charge in [-0.3, -0.25) is 0 Å². The standard InChI is InChI=1S/C40H44N6O7Si/c1-38-22-32(47)33-40(38)31(23-41-34(48)42(35(49)44(33)41)27-12-8-6-9-13-27)30(20-21-53-24-26-16-18-29(52-2)19-17-26)39(25-38,54(3,4)5)45-36(50)43(37(51)46(40)45)28-14-10-7-11-15-28/h6-19,32-33,47H,20-25H2,1-5H3/t32-,33-,38-,39?,40?/m1/s1. The SMILES string of the molecule is COc1ccc(COCCC2=C3Cn4c(=O)n(-c5ccccc5)c(=O)n4[C@@H]4[C@H](O)C[C@]5(C)CC2([Si](C)(C)C)n2c(=O)n(-c6ccccc6)c(=O)n2C345)cc1. The van der Waals surface area contributed by atoms with Crippen LogP contribution in [0.15, 0.2) is 115 Å². The Balaban J connectivity index is 1.33. The minimum absolute atomic E-state index is 0.0178. The van der Waals surface area contributed by atoms with Gasteiger partial charge < -0.3 is 14.6 Å². The van der Waals surface area contributed by atoms with Gasteiger partial charge in [0.2, 0.25) is 0 Å². The molecule has 54 heavy (non-hydrogen) atoms. The fraction of sp³-hybridized carbons (Fsp3) is 0.400. The number of benzene rings is 3. The quantitative estimate of drug-likeness (QED) is 0.138. The molecule has 1 saturated carbocycles. The summed E-state index contributed by atoms with van der Waals surface area (Å²) in [7, 11) is -0.967. The third-order valence-corrected chi connectivity index (χ3v) is 16.0. The highest BCUT2D eigenvalue weighted by atomic mass is 28.3. The van der Waals surface area contributed by atoms with E-state index in [0.29, 0.717) is 37.4 Å². The topological polar surface area (TPSA) is 137 Å². The molecule has 3 aromatic carbocycles. The normalized spacial score (nSPS) is 26.5. The van der Waals surface area contributed by atoms with Crippen LogP contribution in [-0.4, -0.2) is 60.9 Å². The first-order chi connectivity index (χ1) is 25.8. The number of para-hydroxylation sites is 2. The van der Waals surface area contributed by atoms with E-state index in [0.717, 1.165) is 27.0 Å². The Morgan fingerprint density at radius 3 is 1.98 bits per heavy atom. The number of methoxy groups -OCH3 is 1. The Kier molecular flexibility index (Phi) is 7.46. The van der Waals surface area contributed by atoms with Crippen molar-refractivity contribution in [3.05, 3.63) is 144 Å². The zero-order valence-corrected chi connectivity index (χ0v) is 32.1. The van der Waals surface area contributed by atoms with Gasteiger partial charge >= 0.3 is 22.8 Å². The predicted molar refractivity (Wildman–Crippen MR) is 205 cm³/mol. The summed E-state index contributed by atoms with van der Waals surface area (Å²) in [6.45, 7) is 9.42. The molecule has 3 aliphatic heterocycles. The van der Waals surface area contributed by atoms with Gasteiger partial charge in [-0.15, -0.1) is 0 Å². The van der Waals surface area contributed by atoms with Crippen molar-refractivity contribution in [2.45, 2.75) is 81.8 Å². The van der Waals surface area contributed by atoms with Crippen LogP contribution in [-0.2, 0) is 28.6 Å². The summed E-state index contributed by atoms with van der Waals surface area (Å²) in [4.78, 5) is 59.3. The number of aromatic nitrogens is 6. The van der Waals surface area contributed by atoms with Crippen molar-refractivity contribution in [3.63, 3.8) is 0 Å². The number of hydrogen-bond acceptors (Lipinski definition) is 7. The van der Waals surface area contributed by atoms with Crippen LogP contribution in [0.1, 0.15) is 37.8 Å². The minimum Gasteiger partial charge on any atom is -0.497 e. The highest BCUT2D eigenvalue weighted by Gasteiger charge is 2.78. The summed E-state index contributed by atoms with van der Waals surface area (Å²) in [5.74, 6) is 0.752. The van der Waals surface area contributed by atoms with Crippen LogP contribution < -0.4 is 27.5 Å². The fourth-order valence-electron chi connectivity index (χ4n) is 10.8. The molecule has 5 aliphatic rings. The van der Waals surface area contributed by atoms with Crippen molar-refractivity contribution in [2.75, 3.05) is 13.7 Å². The molecule has 13 nitrogen and oxygen atoms in total. The van der Waals surface area contributed by atoms with Crippen molar-refractivity contribution >= 4 is 8.07 Å². The molecule has 1 N–H and O–H groups in total. The molecule has 0 saturated heterocycles. The first-order valence-corrected chi connectivity index (χ1v) is 22.0. The van der Waals surface area contributed by atoms with E-state index in [4.69, 9.17) is 9.47 Å². The molecule has 2 unspecified atom stereocenters. The molecule has 2 aromatic heterocycles. The second-order valence-corrected chi connectivity index (χ2v) is 21.8. The minimum atomic E-state index is -2.59. The highest BCUT2D eigenvalue weighted by molar-refractivity contribution is 6.79. The van der Waals surface area contributed by atoms with E-state index in [2.05, 4.69) is 26.6 Å². The maximum absolute atomic E-state index is 15.2. The number of hydrogen-bond donors (Lipinski definition) is 1. The van der Waals surface area contributed by atoms with Gasteiger partial charge in [-0.2, -0.15) is 0 Å². The monoisotopic (exact) mass is 748 g/mol. The molecule has 1 spiro atoms. The molecule has 1 fully saturated rings. The summed E-state index contributed by atoms with van der Waals surface area (Å²) >= 11 is 0. The van der Waals surface area contributed by atoms with E-state index in [1.165, 1.54) is 13.9 Å². The number of aliphatic hydroxyl groups excluding tert-OH is 1. The van der Waals surface area contributed by atoms with Gasteiger partial charge in [0, 0.05) is 5.41 Å². The number of allylic oxidation sites excluding steroid dienone is 1. The van der Waals surface area contributed by atoms with Crippen LogP contribution in [0.2, 0.25) is 19.6 Å². The van der Waals surface area contributed by atoms with E-state index < -0.39 is 59.1 Å².